The first kappa shape index (κ1) is 40.5. The Morgan fingerprint density at radius 2 is 1.12 bits per heavy atom. The van der Waals surface area contributed by atoms with E-state index in [0.717, 1.165) is 0 Å². The highest BCUT2D eigenvalue weighted by atomic mass is 32.1. The molecule has 0 unspecified atom stereocenters. The molecule has 0 amide bonds. The number of hydrogen-bond acceptors (Lipinski definition) is 3. The lowest BCUT2D eigenvalue weighted by Gasteiger charge is -2.52. The fraction of sp³-hybridized carbons (Fsp3) is 0.219. The average Bonchev–Trinajstić information content (AvgIpc) is 3.86. The number of anilines is 5. The first-order chi connectivity index (χ1) is 32.8. The highest BCUT2D eigenvalue weighted by molar-refractivity contribution is 7.26. The summed E-state index contributed by atoms with van der Waals surface area (Å²) in [7, 11) is 0. The van der Waals surface area contributed by atoms with Crippen molar-refractivity contribution in [2.75, 3.05) is 9.71 Å². The van der Waals surface area contributed by atoms with Crippen LogP contribution in [-0.2, 0) is 21.7 Å². The Kier molecular flexibility index (Phi) is 8.06. The Balaban J connectivity index is 1.15. The van der Waals surface area contributed by atoms with Gasteiger partial charge >= 0.3 is 6.85 Å². The summed E-state index contributed by atoms with van der Waals surface area (Å²) in [6.07, 6.45) is 2.36. The molecular formula is C64H55BN2S. The van der Waals surface area contributed by atoms with Crippen LogP contribution < -0.4 is 20.6 Å². The van der Waals surface area contributed by atoms with E-state index in [9.17, 15) is 0 Å². The molecule has 4 heterocycles. The van der Waals surface area contributed by atoms with Gasteiger partial charge in [-0.05, 0) is 155 Å². The van der Waals surface area contributed by atoms with E-state index in [1.54, 1.807) is 0 Å². The van der Waals surface area contributed by atoms with Crippen molar-refractivity contribution in [3.63, 3.8) is 0 Å². The number of rotatable bonds is 2. The normalized spacial score (nSPS) is 17.0. The van der Waals surface area contributed by atoms with E-state index < -0.39 is 5.41 Å². The van der Waals surface area contributed by atoms with Crippen LogP contribution in [0, 0.1) is 6.92 Å². The zero-order valence-corrected chi connectivity index (χ0v) is 41.2. The van der Waals surface area contributed by atoms with Gasteiger partial charge in [-0.15, -0.1) is 11.3 Å². The second-order valence-electron chi connectivity index (χ2n) is 22.7. The van der Waals surface area contributed by atoms with Crippen molar-refractivity contribution in [3.8, 4) is 33.4 Å². The van der Waals surface area contributed by atoms with Gasteiger partial charge in [0, 0.05) is 32.9 Å². The fourth-order valence-electron chi connectivity index (χ4n) is 13.5. The van der Waals surface area contributed by atoms with Crippen molar-refractivity contribution in [2.24, 2.45) is 0 Å². The minimum atomic E-state index is -0.482. The maximum Gasteiger partial charge on any atom is 0.334 e. The highest BCUT2D eigenvalue weighted by Gasteiger charge is 2.57. The molecule has 0 fully saturated rings. The van der Waals surface area contributed by atoms with Crippen molar-refractivity contribution < 1.29 is 0 Å². The van der Waals surface area contributed by atoms with E-state index in [-0.39, 0.29) is 23.1 Å². The Morgan fingerprint density at radius 1 is 0.500 bits per heavy atom. The minimum absolute atomic E-state index is 0.0141. The van der Waals surface area contributed by atoms with Gasteiger partial charge in [-0.2, -0.15) is 0 Å². The smallest absolute Gasteiger partial charge is 0.334 e. The van der Waals surface area contributed by atoms with Gasteiger partial charge in [0.15, 0.2) is 0 Å². The summed E-state index contributed by atoms with van der Waals surface area (Å²) in [5.74, 6) is 0. The van der Waals surface area contributed by atoms with E-state index in [1.165, 1.54) is 139 Å². The standard InChI is InChI=1S/C64H55BN2S/c1-38-33-45-43-23-18-27-50-59(43)67(54-28-17-16-26-49(54)64(50)47-24-14-12-21-41(47)42-22-13-15-25-48(42)64)65-57(45)55(34-38)66(53-30-29-40(61(2,3)4)35-44(53)39-19-10-9-11-20-39)60-58(65)46-36-51-52(37-56(46)68-60)63(7,8)32-31-62(51,5)6/h9-30,33-37H,31-32H2,1-8H3. The van der Waals surface area contributed by atoms with Crippen LogP contribution in [0.15, 0.2) is 164 Å². The van der Waals surface area contributed by atoms with Gasteiger partial charge in [-0.1, -0.05) is 176 Å². The maximum atomic E-state index is 2.81. The number of hydrogen-bond donors (Lipinski definition) is 0. The number of thiophene rings is 1. The molecule has 0 radical (unpaired) electrons. The maximum absolute atomic E-state index is 2.81. The highest BCUT2D eigenvalue weighted by Crippen LogP contribution is 2.65. The third-order valence-electron chi connectivity index (χ3n) is 16.9. The minimum Gasteiger partial charge on any atom is -0.376 e. The molecular weight excluding hydrogens is 840 g/mol. The van der Waals surface area contributed by atoms with Crippen molar-refractivity contribution in [3.05, 3.63) is 208 Å². The zero-order chi connectivity index (χ0) is 46.2. The largest absolute Gasteiger partial charge is 0.376 e. The third kappa shape index (κ3) is 5.14. The summed E-state index contributed by atoms with van der Waals surface area (Å²) in [4.78, 5) is 5.51. The number of para-hydroxylation sites is 2. The van der Waals surface area contributed by atoms with Gasteiger partial charge in [0.1, 0.15) is 0 Å². The molecule has 14 rings (SSSR count). The van der Waals surface area contributed by atoms with Crippen LogP contribution in [0.1, 0.15) is 106 Å². The second-order valence-corrected chi connectivity index (χ2v) is 23.8. The molecule has 1 aromatic heterocycles. The summed E-state index contributed by atoms with van der Waals surface area (Å²) in [6, 6.07) is 63.9. The van der Waals surface area contributed by atoms with Crippen molar-refractivity contribution in [1.82, 2.24) is 0 Å². The van der Waals surface area contributed by atoms with Crippen LogP contribution >= 0.6 is 11.3 Å². The molecule has 8 aromatic carbocycles. The molecule has 1 spiro atoms. The summed E-state index contributed by atoms with van der Waals surface area (Å²) in [5.41, 5.74) is 26.5. The molecule has 4 heteroatoms. The first-order valence-electron chi connectivity index (χ1n) is 24.8. The Morgan fingerprint density at radius 3 is 1.82 bits per heavy atom. The lowest BCUT2D eigenvalue weighted by atomic mass is 9.42. The van der Waals surface area contributed by atoms with Crippen molar-refractivity contribution in [1.29, 1.82) is 0 Å². The molecule has 0 bridgehead atoms. The molecule has 3 aliphatic heterocycles. The van der Waals surface area contributed by atoms with E-state index >= 15 is 0 Å². The van der Waals surface area contributed by atoms with Crippen molar-refractivity contribution in [2.45, 2.75) is 89.9 Å². The molecule has 2 nitrogen and oxygen atoms in total. The van der Waals surface area contributed by atoms with Crippen molar-refractivity contribution >= 4 is 66.9 Å². The van der Waals surface area contributed by atoms with E-state index in [1.807, 2.05) is 11.3 Å². The SMILES string of the molecule is Cc1cc2c3c(c1)N(c1ccc(C(C)(C)C)cc1-c1ccccc1)c1sc4cc5c(cc4c1B3N1c3ccccc3C3(c4ccccc4-c4ccccc43)c3cccc-2c31)C(C)(C)CCC5(C)C. The predicted octanol–water partition coefficient (Wildman–Crippen LogP) is 15.9. The van der Waals surface area contributed by atoms with Crippen LogP contribution in [0.4, 0.5) is 27.8 Å². The molecule has 2 aliphatic carbocycles. The zero-order valence-electron chi connectivity index (χ0n) is 40.4. The molecule has 0 saturated carbocycles. The molecule has 9 aromatic rings. The quantitative estimate of drug-likeness (QED) is 0.160. The second kappa shape index (κ2) is 13.5. The summed E-state index contributed by atoms with van der Waals surface area (Å²) >= 11 is 2.01. The average molecular weight is 895 g/mol. The van der Waals surface area contributed by atoms with Gasteiger partial charge in [0.25, 0.3) is 0 Å². The summed E-state index contributed by atoms with van der Waals surface area (Å²) in [6.45, 7) is 19.2. The molecule has 0 N–H and O–H groups in total. The molecule has 5 aliphatic rings. The van der Waals surface area contributed by atoms with Gasteiger partial charge in [-0.3, -0.25) is 0 Å². The third-order valence-corrected chi connectivity index (χ3v) is 18.1. The fourth-order valence-corrected chi connectivity index (χ4v) is 14.8. The lowest BCUT2D eigenvalue weighted by Crippen LogP contribution is -2.63. The summed E-state index contributed by atoms with van der Waals surface area (Å²) < 4.78 is 1.38. The first-order valence-corrected chi connectivity index (χ1v) is 25.6. The summed E-state index contributed by atoms with van der Waals surface area (Å²) in [5, 5.41) is 2.72. The van der Waals surface area contributed by atoms with Crippen LogP contribution in [0.25, 0.3) is 43.5 Å². The van der Waals surface area contributed by atoms with E-state index in [2.05, 4.69) is 229 Å². The monoisotopic (exact) mass is 894 g/mol. The number of fused-ring (bicyclic) bond motifs is 16. The van der Waals surface area contributed by atoms with Crippen LogP contribution in [0.3, 0.4) is 0 Å². The predicted molar refractivity (Wildman–Crippen MR) is 291 cm³/mol. The van der Waals surface area contributed by atoms with Gasteiger partial charge in [0.05, 0.1) is 16.1 Å². The van der Waals surface area contributed by atoms with E-state index in [4.69, 9.17) is 0 Å². The number of nitrogens with zero attached hydrogens (tertiary/aromatic N) is 2. The van der Waals surface area contributed by atoms with Gasteiger partial charge in [0.2, 0.25) is 0 Å². The molecule has 0 saturated heterocycles. The Hall–Kier alpha value is -6.62. The van der Waals surface area contributed by atoms with Crippen LogP contribution in [0.5, 0.6) is 0 Å². The number of benzene rings is 8. The Labute approximate surface area is 406 Å². The molecule has 0 atom stereocenters. The molecule has 330 valence electrons. The van der Waals surface area contributed by atoms with Crippen LogP contribution in [-0.4, -0.2) is 6.85 Å². The lowest BCUT2D eigenvalue weighted by molar-refractivity contribution is 0.332. The van der Waals surface area contributed by atoms with Crippen LogP contribution in [0.2, 0.25) is 0 Å². The van der Waals surface area contributed by atoms with Gasteiger partial charge in [-0.25, -0.2) is 0 Å². The number of aryl methyl sites for hydroxylation is 1. The topological polar surface area (TPSA) is 6.48 Å². The van der Waals surface area contributed by atoms with Gasteiger partial charge < -0.3 is 9.71 Å². The Bertz CT molecular complexity index is 3610. The van der Waals surface area contributed by atoms with E-state index in [0.29, 0.717) is 0 Å². The molecule has 68 heavy (non-hydrogen) atoms.